The molecule has 1 aliphatic heterocycles. The van der Waals surface area contributed by atoms with E-state index in [1.807, 2.05) is 121 Å². The monoisotopic (exact) mass is 712 g/mol. The van der Waals surface area contributed by atoms with Gasteiger partial charge in [-0.25, -0.2) is 0 Å². The zero-order valence-corrected chi connectivity index (χ0v) is 29.9. The molecule has 6 aromatic rings. The molecule has 0 fully saturated rings. The molecule has 8 nitrogen and oxygen atoms in total. The Kier molecular flexibility index (Phi) is 9.73. The summed E-state index contributed by atoms with van der Waals surface area (Å²) in [5, 5.41) is 17.2. The molecule has 0 saturated heterocycles. The normalized spacial score (nSPS) is 12.0. The quantitative estimate of drug-likeness (QED) is 0.130. The fourth-order valence-electron chi connectivity index (χ4n) is 7.54. The van der Waals surface area contributed by atoms with Crippen LogP contribution in [0.1, 0.15) is 22.3 Å². The number of rotatable bonds is 13. The molecule has 8 heteroatoms. The van der Waals surface area contributed by atoms with Gasteiger partial charge in [0.2, 0.25) is 5.88 Å². The first-order valence-corrected chi connectivity index (χ1v) is 18.5. The minimum atomic E-state index is -0.444. The van der Waals surface area contributed by atoms with E-state index in [4.69, 9.17) is 4.99 Å². The van der Waals surface area contributed by atoms with Crippen LogP contribution in [0.25, 0.3) is 32.7 Å². The molecule has 1 aliphatic carbocycles. The number of nitrogens with one attached hydrogen (secondary N) is 1. The third kappa shape index (κ3) is 6.74. The molecule has 2 heterocycles. The lowest BCUT2D eigenvalue weighted by Crippen LogP contribution is -2.37. The van der Waals surface area contributed by atoms with Crippen molar-refractivity contribution in [2.45, 2.75) is 38.8 Å². The second kappa shape index (κ2) is 15.2. The van der Waals surface area contributed by atoms with Crippen molar-refractivity contribution in [2.75, 3.05) is 18.4 Å². The maximum absolute atomic E-state index is 14.6. The highest BCUT2D eigenvalue weighted by molar-refractivity contribution is 6.18. The van der Waals surface area contributed by atoms with Gasteiger partial charge in [-0.2, -0.15) is 0 Å². The number of hydrogen-bond donors (Lipinski definition) is 2. The summed E-state index contributed by atoms with van der Waals surface area (Å²) in [6.45, 7) is 1.28. The van der Waals surface area contributed by atoms with Crippen LogP contribution in [0.2, 0.25) is 0 Å². The summed E-state index contributed by atoms with van der Waals surface area (Å²) in [6.07, 6.45) is 2.32. The minimum absolute atomic E-state index is 0.180. The molecule has 0 spiro atoms. The molecule has 0 atom stereocenters. The van der Waals surface area contributed by atoms with Crippen molar-refractivity contribution in [1.82, 2.24) is 9.13 Å². The molecule has 0 bridgehead atoms. The zero-order valence-electron chi connectivity index (χ0n) is 29.9. The van der Waals surface area contributed by atoms with Crippen molar-refractivity contribution in [3.05, 3.63) is 192 Å². The summed E-state index contributed by atoms with van der Waals surface area (Å²) >= 11 is 0. The standard InChI is InChI=1S/C46H40N4O4/c51-43-35-29-37(47-25-21-31-13-5-1-6-14-31)41-39-36(44(52)49(45(41)53)27-23-33-17-9-3-10-18-33)30-38(48-26-22-32-15-7-2-8-16-32)42(40(35)39)46(54)50(43)28-24-34-19-11-4-12-20-34/h1-20,29-30,47,51H,21-28H2. The van der Waals surface area contributed by atoms with Crippen LogP contribution in [0.15, 0.2) is 153 Å². The Morgan fingerprint density at radius 2 is 1.04 bits per heavy atom. The van der Waals surface area contributed by atoms with Gasteiger partial charge >= 0.3 is 0 Å². The topological polar surface area (TPSA) is 106 Å². The lowest BCUT2D eigenvalue weighted by molar-refractivity contribution is 0.414. The van der Waals surface area contributed by atoms with Crippen LogP contribution in [0.4, 0.5) is 5.69 Å². The van der Waals surface area contributed by atoms with Crippen molar-refractivity contribution >= 4 is 27.2 Å². The lowest BCUT2D eigenvalue weighted by atomic mass is 9.89. The Morgan fingerprint density at radius 1 is 0.537 bits per heavy atom. The van der Waals surface area contributed by atoms with Gasteiger partial charge in [0.05, 0.1) is 21.7 Å². The van der Waals surface area contributed by atoms with E-state index in [1.165, 1.54) is 9.13 Å². The van der Waals surface area contributed by atoms with Crippen molar-refractivity contribution in [1.29, 1.82) is 0 Å². The molecule has 2 aliphatic rings. The Bertz CT molecular complexity index is 2750. The number of benzene rings is 6. The molecule has 0 unspecified atom stereocenters. The second-order valence-corrected chi connectivity index (χ2v) is 13.7. The molecule has 54 heavy (non-hydrogen) atoms. The van der Waals surface area contributed by atoms with Gasteiger partial charge in [0.25, 0.3) is 16.7 Å². The van der Waals surface area contributed by atoms with E-state index < -0.39 is 16.7 Å². The fourth-order valence-corrected chi connectivity index (χ4v) is 7.54. The van der Waals surface area contributed by atoms with E-state index in [9.17, 15) is 19.5 Å². The third-order valence-corrected chi connectivity index (χ3v) is 10.3. The van der Waals surface area contributed by atoms with E-state index in [0.717, 1.165) is 22.3 Å². The van der Waals surface area contributed by atoms with Gasteiger partial charge < -0.3 is 10.4 Å². The SMILES string of the molecule is O=c1c2c(=NCCc3ccccc3)cc3c(=O)n(CCc4ccccc4)c(=O)c4c(NCCc5ccccc5)cc(c(O)n1CCc1ccccc1)c2c4-3. The first-order chi connectivity index (χ1) is 26.5. The van der Waals surface area contributed by atoms with E-state index >= 15 is 0 Å². The Balaban J connectivity index is 1.36. The Hall–Kier alpha value is -6.54. The maximum Gasteiger partial charge on any atom is 0.263 e. The summed E-state index contributed by atoms with van der Waals surface area (Å²) in [6, 6.07) is 43.1. The highest BCUT2D eigenvalue weighted by Crippen LogP contribution is 2.40. The number of aromatic nitrogens is 2. The maximum atomic E-state index is 14.6. The molecule has 1 aromatic heterocycles. The minimum Gasteiger partial charge on any atom is -0.494 e. The lowest BCUT2D eigenvalue weighted by Gasteiger charge is -2.22. The molecule has 8 rings (SSSR count). The van der Waals surface area contributed by atoms with E-state index in [2.05, 4.69) is 5.32 Å². The predicted molar refractivity (Wildman–Crippen MR) is 216 cm³/mol. The molecular formula is C46H40N4O4. The van der Waals surface area contributed by atoms with Crippen molar-refractivity contribution in [3.8, 4) is 17.0 Å². The summed E-state index contributed by atoms with van der Waals surface area (Å²) < 4.78 is 2.71. The highest BCUT2D eigenvalue weighted by Gasteiger charge is 2.29. The number of nitrogens with zero attached hydrogens (tertiary/aromatic N) is 3. The molecule has 268 valence electrons. The largest absolute Gasteiger partial charge is 0.494 e. The van der Waals surface area contributed by atoms with Crippen LogP contribution in [0.5, 0.6) is 5.88 Å². The number of aromatic hydroxyl groups is 1. The van der Waals surface area contributed by atoms with Gasteiger partial charge in [-0.15, -0.1) is 0 Å². The van der Waals surface area contributed by atoms with Gasteiger partial charge in [-0.3, -0.25) is 28.5 Å². The molecular weight excluding hydrogens is 673 g/mol. The Morgan fingerprint density at radius 3 is 1.61 bits per heavy atom. The molecule has 0 saturated carbocycles. The summed E-state index contributed by atoms with van der Waals surface area (Å²) in [7, 11) is 0. The Labute approximate surface area is 312 Å². The van der Waals surface area contributed by atoms with Gasteiger partial charge in [-0.05, 0) is 60.1 Å². The molecule has 0 radical (unpaired) electrons. The van der Waals surface area contributed by atoms with Crippen molar-refractivity contribution < 1.29 is 5.11 Å². The average molecular weight is 713 g/mol. The fraction of sp³-hybridized carbons (Fsp3) is 0.174. The van der Waals surface area contributed by atoms with E-state index in [0.29, 0.717) is 77.1 Å². The van der Waals surface area contributed by atoms with Crippen LogP contribution in [0, 0.1) is 0 Å². The molecule has 2 N–H and O–H groups in total. The molecule has 5 aromatic carbocycles. The van der Waals surface area contributed by atoms with Crippen LogP contribution in [-0.4, -0.2) is 27.3 Å². The van der Waals surface area contributed by atoms with Crippen molar-refractivity contribution in [3.63, 3.8) is 0 Å². The van der Waals surface area contributed by atoms with Crippen LogP contribution in [0.3, 0.4) is 0 Å². The smallest absolute Gasteiger partial charge is 0.263 e. The van der Waals surface area contributed by atoms with Crippen LogP contribution < -0.4 is 27.4 Å². The van der Waals surface area contributed by atoms with Crippen molar-refractivity contribution in [2.24, 2.45) is 4.99 Å². The van der Waals surface area contributed by atoms with Gasteiger partial charge in [0.1, 0.15) is 0 Å². The van der Waals surface area contributed by atoms with Gasteiger partial charge in [0, 0.05) is 48.2 Å². The third-order valence-electron chi connectivity index (χ3n) is 10.3. The zero-order chi connectivity index (χ0) is 37.0. The van der Waals surface area contributed by atoms with E-state index in [-0.39, 0.29) is 24.4 Å². The number of anilines is 1. The second-order valence-electron chi connectivity index (χ2n) is 13.7. The number of aryl methyl sites for hydroxylation is 2. The molecule has 0 amide bonds. The number of hydrogen-bond acceptors (Lipinski definition) is 6. The van der Waals surface area contributed by atoms with Gasteiger partial charge in [0.15, 0.2) is 0 Å². The van der Waals surface area contributed by atoms with Crippen LogP contribution in [-0.2, 0) is 38.8 Å². The van der Waals surface area contributed by atoms with Gasteiger partial charge in [-0.1, -0.05) is 121 Å². The first-order valence-electron chi connectivity index (χ1n) is 18.5. The summed E-state index contributed by atoms with van der Waals surface area (Å²) in [4.78, 5) is 48.6. The average Bonchev–Trinajstić information content (AvgIpc) is 3.21. The number of pyridine rings is 2. The van der Waals surface area contributed by atoms with E-state index in [1.54, 1.807) is 12.1 Å². The van der Waals surface area contributed by atoms with Crippen LogP contribution >= 0.6 is 0 Å². The highest BCUT2D eigenvalue weighted by atomic mass is 16.3. The summed E-state index contributed by atoms with van der Waals surface area (Å²) in [5.41, 5.74) is 4.13. The first kappa shape index (κ1) is 34.5. The summed E-state index contributed by atoms with van der Waals surface area (Å²) in [5.74, 6) is -0.208. The predicted octanol–water partition coefficient (Wildman–Crippen LogP) is 6.65.